The van der Waals surface area contributed by atoms with Gasteiger partial charge in [0.15, 0.2) is 17.3 Å². The summed E-state index contributed by atoms with van der Waals surface area (Å²) in [7, 11) is 0. The summed E-state index contributed by atoms with van der Waals surface area (Å²) in [5, 5.41) is 0. The summed E-state index contributed by atoms with van der Waals surface area (Å²) in [6.07, 6.45) is 0. The number of hydrogen-bond donors (Lipinski definition) is 0. The highest BCUT2D eigenvalue weighted by atomic mass is 16.5. The molecule has 4 nitrogen and oxygen atoms in total. The summed E-state index contributed by atoms with van der Waals surface area (Å²) >= 11 is 0. The maximum atomic E-state index is 11.5. The van der Waals surface area contributed by atoms with E-state index in [1.807, 2.05) is 43.3 Å². The van der Waals surface area contributed by atoms with E-state index in [9.17, 15) is 4.79 Å². The number of para-hydroxylation sites is 3. The molecule has 0 unspecified atom stereocenters. The molecule has 0 radical (unpaired) electrons. The summed E-state index contributed by atoms with van der Waals surface area (Å²) in [6.45, 7) is 4.76. The minimum Gasteiger partial charge on any atom is -0.490 e. The van der Waals surface area contributed by atoms with Crippen molar-refractivity contribution in [1.29, 1.82) is 0 Å². The average Bonchev–Trinajstić information content (AvgIpc) is 2.53. The number of rotatable bonds is 8. The van der Waals surface area contributed by atoms with Crippen molar-refractivity contribution in [3.63, 3.8) is 0 Å². The normalized spacial score (nSPS) is 10.1. The summed E-state index contributed by atoms with van der Waals surface area (Å²) in [4.78, 5) is 11.5. The molecule has 0 N–H and O–H groups in total. The topological polar surface area (TPSA) is 44.8 Å². The summed E-state index contributed by atoms with van der Waals surface area (Å²) in [6, 6.07) is 14.7. The van der Waals surface area contributed by atoms with E-state index in [4.69, 9.17) is 14.2 Å². The van der Waals surface area contributed by atoms with Crippen molar-refractivity contribution in [2.45, 2.75) is 13.8 Å². The molecule has 0 aliphatic heterocycles. The fourth-order valence-corrected chi connectivity index (χ4v) is 2.03. The zero-order valence-electron chi connectivity index (χ0n) is 12.9. The van der Waals surface area contributed by atoms with E-state index in [0.717, 1.165) is 0 Å². The number of ketones is 1. The van der Waals surface area contributed by atoms with Crippen molar-refractivity contribution < 1.29 is 19.0 Å². The number of ether oxygens (including phenoxy) is 3. The zero-order valence-corrected chi connectivity index (χ0v) is 12.9. The van der Waals surface area contributed by atoms with Crippen LogP contribution in [0.5, 0.6) is 17.2 Å². The maximum Gasteiger partial charge on any atom is 0.163 e. The molecule has 2 aromatic rings. The monoisotopic (exact) mass is 300 g/mol. The van der Waals surface area contributed by atoms with Gasteiger partial charge in [-0.2, -0.15) is 0 Å². The van der Waals surface area contributed by atoms with Crippen LogP contribution in [0.2, 0.25) is 0 Å². The number of carbonyl (C=O) groups is 1. The van der Waals surface area contributed by atoms with Crippen molar-refractivity contribution in [3.8, 4) is 17.2 Å². The minimum atomic E-state index is -0.0155. The summed E-state index contributed by atoms with van der Waals surface area (Å²) in [5.41, 5.74) is 0.581. The van der Waals surface area contributed by atoms with Crippen LogP contribution in [0.25, 0.3) is 0 Å². The fraction of sp³-hybridized carbons (Fsp3) is 0.278. The van der Waals surface area contributed by atoms with Gasteiger partial charge in [-0.05, 0) is 38.1 Å². The van der Waals surface area contributed by atoms with Crippen LogP contribution in [0, 0.1) is 0 Å². The molecule has 0 bridgehead atoms. The molecule has 0 amide bonds. The standard InChI is InChI=1S/C18H20O4/c1-3-20-17-10-6-7-11-18(17)22-13-12-21-16-9-5-4-8-15(16)14(2)19/h4-11H,3,12-13H2,1-2H3. The van der Waals surface area contributed by atoms with Gasteiger partial charge in [-0.25, -0.2) is 0 Å². The lowest BCUT2D eigenvalue weighted by Gasteiger charge is -2.13. The molecule has 0 atom stereocenters. The lowest BCUT2D eigenvalue weighted by Crippen LogP contribution is -2.11. The van der Waals surface area contributed by atoms with Crippen molar-refractivity contribution in [3.05, 3.63) is 54.1 Å². The Hall–Kier alpha value is -2.49. The summed E-state index contributed by atoms with van der Waals surface area (Å²) < 4.78 is 16.8. The molecule has 0 heterocycles. The van der Waals surface area contributed by atoms with Gasteiger partial charge in [0.1, 0.15) is 19.0 Å². The molecule has 2 aromatic carbocycles. The number of hydrogen-bond acceptors (Lipinski definition) is 4. The van der Waals surface area contributed by atoms with Crippen LogP contribution in [0.3, 0.4) is 0 Å². The third-order valence-corrected chi connectivity index (χ3v) is 3.01. The van der Waals surface area contributed by atoms with E-state index in [-0.39, 0.29) is 5.78 Å². The molecule has 0 saturated carbocycles. The molecule has 0 saturated heterocycles. The minimum absolute atomic E-state index is 0.0155. The van der Waals surface area contributed by atoms with E-state index in [1.165, 1.54) is 6.92 Å². The zero-order chi connectivity index (χ0) is 15.8. The second kappa shape index (κ2) is 8.08. The Morgan fingerprint density at radius 3 is 1.91 bits per heavy atom. The van der Waals surface area contributed by atoms with E-state index in [2.05, 4.69) is 0 Å². The van der Waals surface area contributed by atoms with Gasteiger partial charge in [-0.15, -0.1) is 0 Å². The quantitative estimate of drug-likeness (QED) is 0.550. The Morgan fingerprint density at radius 2 is 1.32 bits per heavy atom. The Labute approximate surface area is 130 Å². The van der Waals surface area contributed by atoms with Gasteiger partial charge in [0.2, 0.25) is 0 Å². The lowest BCUT2D eigenvalue weighted by molar-refractivity contribution is 0.101. The number of Topliss-reactive ketones (excluding diaryl/α,β-unsaturated/α-hetero) is 1. The van der Waals surface area contributed by atoms with Gasteiger partial charge in [0.05, 0.1) is 12.2 Å². The van der Waals surface area contributed by atoms with Gasteiger partial charge in [-0.1, -0.05) is 24.3 Å². The molecule has 0 aromatic heterocycles. The molecular formula is C18H20O4. The average molecular weight is 300 g/mol. The Balaban J connectivity index is 1.89. The van der Waals surface area contributed by atoms with Crippen molar-refractivity contribution in [2.24, 2.45) is 0 Å². The maximum absolute atomic E-state index is 11.5. The van der Waals surface area contributed by atoms with Crippen LogP contribution < -0.4 is 14.2 Å². The first kappa shape index (κ1) is 15.9. The first-order valence-electron chi connectivity index (χ1n) is 7.29. The predicted octanol–water partition coefficient (Wildman–Crippen LogP) is 3.75. The molecule has 2 rings (SSSR count). The second-order valence-corrected chi connectivity index (χ2v) is 4.63. The Kier molecular flexibility index (Phi) is 5.83. The van der Waals surface area contributed by atoms with Gasteiger partial charge in [-0.3, -0.25) is 4.79 Å². The highest BCUT2D eigenvalue weighted by molar-refractivity contribution is 5.96. The van der Waals surface area contributed by atoms with E-state index in [1.54, 1.807) is 12.1 Å². The molecule has 0 fully saturated rings. The highest BCUT2D eigenvalue weighted by Crippen LogP contribution is 2.26. The van der Waals surface area contributed by atoms with Crippen molar-refractivity contribution in [2.75, 3.05) is 19.8 Å². The fourth-order valence-electron chi connectivity index (χ4n) is 2.03. The smallest absolute Gasteiger partial charge is 0.163 e. The number of benzene rings is 2. The first-order valence-corrected chi connectivity index (χ1v) is 7.29. The third kappa shape index (κ3) is 4.25. The second-order valence-electron chi connectivity index (χ2n) is 4.63. The largest absolute Gasteiger partial charge is 0.490 e. The lowest BCUT2D eigenvalue weighted by atomic mass is 10.1. The predicted molar refractivity (Wildman–Crippen MR) is 85.0 cm³/mol. The van der Waals surface area contributed by atoms with E-state index < -0.39 is 0 Å². The molecule has 0 aliphatic rings. The van der Waals surface area contributed by atoms with E-state index >= 15 is 0 Å². The molecular weight excluding hydrogens is 280 g/mol. The van der Waals surface area contributed by atoms with Gasteiger partial charge < -0.3 is 14.2 Å². The van der Waals surface area contributed by atoms with Gasteiger partial charge in [0, 0.05) is 0 Å². The van der Waals surface area contributed by atoms with Crippen LogP contribution in [-0.4, -0.2) is 25.6 Å². The van der Waals surface area contributed by atoms with Crippen LogP contribution in [-0.2, 0) is 0 Å². The van der Waals surface area contributed by atoms with E-state index in [0.29, 0.717) is 42.6 Å². The van der Waals surface area contributed by atoms with Crippen LogP contribution >= 0.6 is 0 Å². The molecule has 0 aliphatic carbocycles. The van der Waals surface area contributed by atoms with Crippen molar-refractivity contribution in [1.82, 2.24) is 0 Å². The molecule has 116 valence electrons. The van der Waals surface area contributed by atoms with Crippen LogP contribution in [0.1, 0.15) is 24.2 Å². The van der Waals surface area contributed by atoms with Crippen LogP contribution in [0.15, 0.2) is 48.5 Å². The summed E-state index contributed by atoms with van der Waals surface area (Å²) in [5.74, 6) is 1.97. The Bertz CT molecular complexity index is 622. The first-order chi connectivity index (χ1) is 10.7. The third-order valence-electron chi connectivity index (χ3n) is 3.01. The number of carbonyl (C=O) groups excluding carboxylic acids is 1. The van der Waals surface area contributed by atoms with Gasteiger partial charge in [0.25, 0.3) is 0 Å². The SMILES string of the molecule is CCOc1ccccc1OCCOc1ccccc1C(C)=O. The van der Waals surface area contributed by atoms with Crippen LogP contribution in [0.4, 0.5) is 0 Å². The van der Waals surface area contributed by atoms with Gasteiger partial charge >= 0.3 is 0 Å². The Morgan fingerprint density at radius 1 is 0.818 bits per heavy atom. The highest BCUT2D eigenvalue weighted by Gasteiger charge is 2.08. The molecule has 0 spiro atoms. The molecule has 4 heteroatoms. The molecule has 22 heavy (non-hydrogen) atoms. The van der Waals surface area contributed by atoms with Crippen molar-refractivity contribution >= 4 is 5.78 Å².